The number of carbonyl (C=O) groups excluding carboxylic acids is 3. The lowest BCUT2D eigenvalue weighted by Gasteiger charge is -2.41. The highest BCUT2D eigenvalue weighted by molar-refractivity contribution is 6.31. The topological polar surface area (TPSA) is 82.2 Å². The molecule has 0 spiro atoms. The number of hydrogen-bond acceptors (Lipinski definition) is 5. The van der Waals surface area contributed by atoms with E-state index >= 15 is 0 Å². The minimum Gasteiger partial charge on any atom is -0.444 e. The Morgan fingerprint density at radius 1 is 1.03 bits per heavy atom. The van der Waals surface area contributed by atoms with Crippen molar-refractivity contribution in [1.82, 2.24) is 14.7 Å². The predicted molar refractivity (Wildman–Crippen MR) is 149 cm³/mol. The Kier molecular flexibility index (Phi) is 8.92. The predicted octanol–water partition coefficient (Wildman–Crippen LogP) is 5.07. The van der Waals surface area contributed by atoms with Crippen molar-refractivity contribution < 1.29 is 19.1 Å². The van der Waals surface area contributed by atoms with Crippen LogP contribution < -0.4 is 5.32 Å². The normalized spacial score (nSPS) is 23.1. The molecule has 1 N–H and O–H groups in total. The molecule has 210 valence electrons. The quantitative estimate of drug-likeness (QED) is 0.558. The Morgan fingerprint density at radius 2 is 1.74 bits per heavy atom. The number of piperazine rings is 1. The molecular weight excluding hydrogens is 504 g/mol. The molecule has 1 aromatic carbocycles. The highest BCUT2D eigenvalue weighted by atomic mass is 35.5. The molecule has 2 aliphatic heterocycles. The van der Waals surface area contributed by atoms with Crippen molar-refractivity contribution in [3.8, 4) is 0 Å². The maximum absolute atomic E-state index is 13.1. The van der Waals surface area contributed by atoms with Gasteiger partial charge >= 0.3 is 6.09 Å². The number of nitrogens with zero attached hydrogens (tertiary/aromatic N) is 3. The number of nitrogens with one attached hydrogen (secondary N) is 1. The van der Waals surface area contributed by atoms with Gasteiger partial charge in [-0.3, -0.25) is 14.5 Å². The molecular formula is C29H43ClN4O4. The number of halogens is 1. The number of likely N-dealkylation sites (tertiary alicyclic amines) is 1. The second-order valence-corrected chi connectivity index (χ2v) is 12.7. The van der Waals surface area contributed by atoms with Crippen LogP contribution in [0.4, 0.5) is 10.5 Å². The second kappa shape index (κ2) is 11.8. The summed E-state index contributed by atoms with van der Waals surface area (Å²) >= 11 is 6.48. The minimum absolute atomic E-state index is 0.111. The molecule has 8 nitrogen and oxygen atoms in total. The fourth-order valence-corrected chi connectivity index (χ4v) is 6.12. The average molecular weight is 547 g/mol. The molecule has 3 aliphatic rings. The molecule has 0 radical (unpaired) electrons. The molecule has 0 bridgehead atoms. The Morgan fingerprint density at radius 3 is 2.39 bits per heavy atom. The van der Waals surface area contributed by atoms with Crippen molar-refractivity contribution in [2.24, 2.45) is 11.8 Å². The Bertz CT molecular complexity index is 1050. The lowest BCUT2D eigenvalue weighted by molar-refractivity contribution is -0.140. The van der Waals surface area contributed by atoms with Gasteiger partial charge in [-0.25, -0.2) is 4.79 Å². The van der Waals surface area contributed by atoms with Crippen LogP contribution in [0.15, 0.2) is 12.1 Å². The molecule has 4 rings (SSSR count). The van der Waals surface area contributed by atoms with Crippen LogP contribution in [0.2, 0.25) is 5.02 Å². The monoisotopic (exact) mass is 546 g/mol. The molecule has 9 heteroatoms. The third kappa shape index (κ3) is 7.00. The molecule has 1 unspecified atom stereocenters. The summed E-state index contributed by atoms with van der Waals surface area (Å²) in [5, 5.41) is 3.64. The zero-order valence-corrected chi connectivity index (χ0v) is 24.3. The molecule has 2 atom stereocenters. The van der Waals surface area contributed by atoms with E-state index in [-0.39, 0.29) is 29.9 Å². The first kappa shape index (κ1) is 28.7. The number of amides is 3. The standard InChI is InChI=1S/C29H43ClN4O4/c1-19-16-32(12-13-34(19)27(36)21-8-6-7-9-21)17-23-14-24(30)15-25(20(23)2)31-26(35)22-10-11-33(18-22)28(37)38-29(3,4)5/h14-15,19,21-22H,6-13,16-18H2,1-5H3,(H,31,35)/t19-,22?/m0/s1. The summed E-state index contributed by atoms with van der Waals surface area (Å²) in [6.07, 6.45) is 4.61. The fraction of sp³-hybridized carbons (Fsp3) is 0.690. The van der Waals surface area contributed by atoms with Crippen LogP contribution in [0.1, 0.15) is 70.9 Å². The lowest BCUT2D eigenvalue weighted by Crippen LogP contribution is -2.54. The third-order valence-electron chi connectivity index (χ3n) is 8.04. The molecule has 1 saturated carbocycles. The summed E-state index contributed by atoms with van der Waals surface area (Å²) < 4.78 is 5.46. The average Bonchev–Trinajstić information content (AvgIpc) is 3.53. The van der Waals surface area contributed by atoms with Crippen LogP contribution in [0, 0.1) is 18.8 Å². The molecule has 1 aliphatic carbocycles. The lowest BCUT2D eigenvalue weighted by atomic mass is 10.0. The van der Waals surface area contributed by atoms with Gasteiger partial charge in [-0.15, -0.1) is 0 Å². The van der Waals surface area contributed by atoms with Gasteiger partial charge < -0.3 is 19.9 Å². The summed E-state index contributed by atoms with van der Waals surface area (Å²) in [7, 11) is 0. The van der Waals surface area contributed by atoms with Crippen molar-refractivity contribution in [3.63, 3.8) is 0 Å². The molecule has 1 aromatic rings. The van der Waals surface area contributed by atoms with Crippen LogP contribution in [0.5, 0.6) is 0 Å². The summed E-state index contributed by atoms with van der Waals surface area (Å²) in [6, 6.07) is 3.93. The first-order valence-corrected chi connectivity index (χ1v) is 14.4. The number of carbonyl (C=O) groups is 3. The van der Waals surface area contributed by atoms with Gasteiger partial charge in [0.25, 0.3) is 0 Å². The van der Waals surface area contributed by atoms with Crippen LogP contribution >= 0.6 is 11.6 Å². The van der Waals surface area contributed by atoms with E-state index in [2.05, 4.69) is 22.0 Å². The van der Waals surface area contributed by atoms with Crippen molar-refractivity contribution in [3.05, 3.63) is 28.3 Å². The highest BCUT2D eigenvalue weighted by Crippen LogP contribution is 2.30. The van der Waals surface area contributed by atoms with Gasteiger partial charge in [-0.1, -0.05) is 24.4 Å². The summed E-state index contributed by atoms with van der Waals surface area (Å²) in [5.41, 5.74) is 2.19. The van der Waals surface area contributed by atoms with Crippen molar-refractivity contribution in [2.45, 2.75) is 84.9 Å². The van der Waals surface area contributed by atoms with Gasteiger partial charge in [0, 0.05) is 61.9 Å². The maximum Gasteiger partial charge on any atom is 0.410 e. The van der Waals surface area contributed by atoms with E-state index in [4.69, 9.17) is 16.3 Å². The molecule has 0 aromatic heterocycles. The SMILES string of the molecule is Cc1c(CN2CCN(C(=O)C3CCCC3)[C@@H](C)C2)cc(Cl)cc1NC(=O)C1CCN(C(=O)OC(C)(C)C)C1. The highest BCUT2D eigenvalue weighted by Gasteiger charge is 2.35. The number of rotatable bonds is 5. The molecule has 38 heavy (non-hydrogen) atoms. The number of hydrogen-bond donors (Lipinski definition) is 1. The maximum atomic E-state index is 13.1. The first-order valence-electron chi connectivity index (χ1n) is 14.0. The van der Waals surface area contributed by atoms with E-state index in [0.717, 1.165) is 43.6 Å². The smallest absolute Gasteiger partial charge is 0.410 e. The summed E-state index contributed by atoms with van der Waals surface area (Å²) in [6.45, 7) is 13.6. The van der Waals surface area contributed by atoms with Crippen LogP contribution in [0.3, 0.4) is 0 Å². The largest absolute Gasteiger partial charge is 0.444 e. The second-order valence-electron chi connectivity index (χ2n) is 12.2. The van der Waals surface area contributed by atoms with Gasteiger partial charge in [-0.05, 0) is 77.1 Å². The van der Waals surface area contributed by atoms with Gasteiger partial charge in [-0.2, -0.15) is 0 Å². The number of ether oxygens (including phenoxy) is 1. The van der Waals surface area contributed by atoms with Gasteiger partial charge in [0.2, 0.25) is 11.8 Å². The van der Waals surface area contributed by atoms with Crippen molar-refractivity contribution in [2.75, 3.05) is 38.0 Å². The van der Waals surface area contributed by atoms with E-state index in [1.165, 1.54) is 12.8 Å². The zero-order valence-electron chi connectivity index (χ0n) is 23.5. The van der Waals surface area contributed by atoms with Gasteiger partial charge in [0.05, 0.1) is 5.92 Å². The zero-order chi connectivity index (χ0) is 27.6. The van der Waals surface area contributed by atoms with E-state index < -0.39 is 5.60 Å². The Balaban J connectivity index is 1.35. The fourth-order valence-electron chi connectivity index (χ4n) is 5.88. The molecule has 3 amide bonds. The van der Waals surface area contributed by atoms with Crippen LogP contribution in [-0.4, -0.2) is 77.0 Å². The minimum atomic E-state index is -0.568. The third-order valence-corrected chi connectivity index (χ3v) is 8.26. The van der Waals surface area contributed by atoms with E-state index in [0.29, 0.717) is 42.7 Å². The van der Waals surface area contributed by atoms with Crippen molar-refractivity contribution in [1.29, 1.82) is 0 Å². The molecule has 3 fully saturated rings. The van der Waals surface area contributed by atoms with Crippen molar-refractivity contribution >= 4 is 35.2 Å². The Labute approximate surface area is 232 Å². The van der Waals surface area contributed by atoms with Crippen LogP contribution in [-0.2, 0) is 20.9 Å². The number of benzene rings is 1. The number of anilines is 1. The van der Waals surface area contributed by atoms with E-state index in [1.54, 1.807) is 11.0 Å². The summed E-state index contributed by atoms with van der Waals surface area (Å²) in [5.74, 6) is 0.132. The van der Waals surface area contributed by atoms with E-state index in [1.807, 2.05) is 33.8 Å². The van der Waals surface area contributed by atoms with Crippen LogP contribution in [0.25, 0.3) is 0 Å². The van der Waals surface area contributed by atoms with Gasteiger partial charge in [0.1, 0.15) is 5.60 Å². The first-order chi connectivity index (χ1) is 17.9. The molecule has 2 heterocycles. The van der Waals surface area contributed by atoms with Gasteiger partial charge in [0.15, 0.2) is 0 Å². The Hall–Kier alpha value is -2.32. The summed E-state index contributed by atoms with van der Waals surface area (Å²) in [4.78, 5) is 44.5. The van der Waals surface area contributed by atoms with E-state index in [9.17, 15) is 14.4 Å². The molecule has 2 saturated heterocycles.